The molecular formula is C20H15N5O3S. The minimum atomic E-state index is -0.538. The van der Waals surface area contributed by atoms with Crippen molar-refractivity contribution in [3.63, 3.8) is 0 Å². The Bertz CT molecular complexity index is 1160. The quantitative estimate of drug-likeness (QED) is 0.381. The van der Waals surface area contributed by atoms with E-state index >= 15 is 0 Å². The summed E-state index contributed by atoms with van der Waals surface area (Å²) in [4.78, 5) is 29.1. The summed E-state index contributed by atoms with van der Waals surface area (Å²) in [5.41, 5.74) is 0.757. The molecule has 0 fully saturated rings. The number of carbonyl (C=O) groups excluding carboxylic acids is 1. The summed E-state index contributed by atoms with van der Waals surface area (Å²) in [6.45, 7) is 0.479. The lowest BCUT2D eigenvalue weighted by atomic mass is 10.2. The number of thiophene rings is 1. The van der Waals surface area contributed by atoms with E-state index in [4.69, 9.17) is 0 Å². The summed E-state index contributed by atoms with van der Waals surface area (Å²) in [6, 6.07) is 18.8. The monoisotopic (exact) mass is 405 g/mol. The first-order valence-corrected chi connectivity index (χ1v) is 9.57. The van der Waals surface area contributed by atoms with Gasteiger partial charge < -0.3 is 5.32 Å². The van der Waals surface area contributed by atoms with Crippen LogP contribution in [0.5, 0.6) is 0 Å². The minimum Gasteiger partial charge on any atom is -0.349 e. The van der Waals surface area contributed by atoms with Gasteiger partial charge in [0, 0.05) is 28.1 Å². The molecule has 0 amide bonds. The first-order valence-electron chi connectivity index (χ1n) is 8.70. The molecule has 0 aliphatic heterocycles. The SMILES string of the molecule is O=C(c1cccc([N+](=O)[O-])c1)n1nc(-c2ccccc2)nc1NCc1cccs1. The van der Waals surface area contributed by atoms with E-state index in [0.29, 0.717) is 12.4 Å². The molecule has 144 valence electrons. The van der Waals surface area contributed by atoms with Crippen LogP contribution in [-0.2, 0) is 6.54 Å². The molecular weight excluding hydrogens is 390 g/mol. The number of non-ortho nitro benzene ring substituents is 1. The van der Waals surface area contributed by atoms with Gasteiger partial charge in [-0.25, -0.2) is 0 Å². The van der Waals surface area contributed by atoms with Crippen LogP contribution in [0.25, 0.3) is 11.4 Å². The highest BCUT2D eigenvalue weighted by Gasteiger charge is 2.20. The highest BCUT2D eigenvalue weighted by molar-refractivity contribution is 7.09. The van der Waals surface area contributed by atoms with E-state index in [1.807, 2.05) is 47.8 Å². The molecule has 0 unspecified atom stereocenters. The Kier molecular flexibility index (Phi) is 5.12. The van der Waals surface area contributed by atoms with Crippen molar-refractivity contribution in [2.75, 3.05) is 5.32 Å². The molecule has 0 aliphatic carbocycles. The Hall–Kier alpha value is -3.85. The molecule has 1 N–H and O–H groups in total. The van der Waals surface area contributed by atoms with Crippen molar-refractivity contribution in [2.45, 2.75) is 6.54 Å². The average Bonchev–Trinajstić information content (AvgIpc) is 3.42. The number of aromatic nitrogens is 3. The van der Waals surface area contributed by atoms with Crippen LogP contribution in [0.3, 0.4) is 0 Å². The third kappa shape index (κ3) is 4.04. The number of benzene rings is 2. The number of hydrogen-bond donors (Lipinski definition) is 1. The Labute approximate surface area is 169 Å². The van der Waals surface area contributed by atoms with Crippen molar-refractivity contribution in [1.29, 1.82) is 0 Å². The predicted octanol–water partition coefficient (Wildman–Crippen LogP) is 4.22. The van der Waals surface area contributed by atoms with E-state index in [2.05, 4.69) is 15.4 Å². The Morgan fingerprint density at radius 3 is 2.66 bits per heavy atom. The van der Waals surface area contributed by atoms with Crippen LogP contribution in [0.1, 0.15) is 15.2 Å². The van der Waals surface area contributed by atoms with E-state index in [-0.39, 0.29) is 17.2 Å². The van der Waals surface area contributed by atoms with Gasteiger partial charge in [0.2, 0.25) is 5.95 Å². The summed E-state index contributed by atoms with van der Waals surface area (Å²) in [7, 11) is 0. The Balaban J connectivity index is 1.71. The third-order valence-electron chi connectivity index (χ3n) is 4.14. The normalized spacial score (nSPS) is 10.6. The van der Waals surface area contributed by atoms with Crippen LogP contribution in [0, 0.1) is 10.1 Å². The molecule has 8 nitrogen and oxygen atoms in total. The maximum atomic E-state index is 13.0. The molecule has 0 saturated heterocycles. The average molecular weight is 405 g/mol. The van der Waals surface area contributed by atoms with Crippen LogP contribution >= 0.6 is 11.3 Å². The van der Waals surface area contributed by atoms with Crippen molar-refractivity contribution in [2.24, 2.45) is 0 Å². The van der Waals surface area contributed by atoms with Crippen LogP contribution in [0.2, 0.25) is 0 Å². The maximum Gasteiger partial charge on any atom is 0.281 e. The molecule has 4 rings (SSSR count). The number of anilines is 1. The van der Waals surface area contributed by atoms with Crippen molar-refractivity contribution in [3.8, 4) is 11.4 Å². The van der Waals surface area contributed by atoms with Gasteiger partial charge in [-0.1, -0.05) is 42.5 Å². The molecule has 0 saturated carbocycles. The standard InChI is InChI=1S/C20H15N5O3S/c26-19(15-8-4-9-16(12-15)25(27)28)24-20(21-13-17-10-5-11-29-17)22-18(23-24)14-6-2-1-3-7-14/h1-12H,13H2,(H,21,22,23). The number of rotatable bonds is 6. The lowest BCUT2D eigenvalue weighted by Gasteiger charge is -2.06. The number of nitrogens with one attached hydrogen (secondary N) is 1. The lowest BCUT2D eigenvalue weighted by Crippen LogP contribution is -2.17. The number of nitro groups is 1. The van der Waals surface area contributed by atoms with Gasteiger partial charge in [-0.2, -0.15) is 9.67 Å². The number of nitro benzene ring substituents is 1. The Morgan fingerprint density at radius 1 is 1.10 bits per heavy atom. The summed E-state index contributed by atoms with van der Waals surface area (Å²) in [5.74, 6) is 0.156. The first kappa shape index (κ1) is 18.5. The first-order chi connectivity index (χ1) is 14.1. The van der Waals surface area contributed by atoms with Gasteiger partial charge in [0.15, 0.2) is 5.82 Å². The molecule has 4 aromatic rings. The summed E-state index contributed by atoms with van der Waals surface area (Å²) < 4.78 is 1.15. The molecule has 0 atom stereocenters. The fourth-order valence-electron chi connectivity index (χ4n) is 2.73. The zero-order valence-electron chi connectivity index (χ0n) is 15.1. The predicted molar refractivity (Wildman–Crippen MR) is 110 cm³/mol. The fraction of sp³-hybridized carbons (Fsp3) is 0.0500. The van der Waals surface area contributed by atoms with Gasteiger partial charge in [-0.05, 0) is 17.5 Å². The van der Waals surface area contributed by atoms with Crippen LogP contribution < -0.4 is 5.32 Å². The summed E-state index contributed by atoms with van der Waals surface area (Å²) in [6.07, 6.45) is 0. The second-order valence-corrected chi connectivity index (χ2v) is 7.11. The van der Waals surface area contributed by atoms with E-state index in [0.717, 1.165) is 15.1 Å². The highest BCUT2D eigenvalue weighted by Crippen LogP contribution is 2.21. The van der Waals surface area contributed by atoms with Gasteiger partial charge >= 0.3 is 0 Å². The number of hydrogen-bond acceptors (Lipinski definition) is 7. The maximum absolute atomic E-state index is 13.0. The van der Waals surface area contributed by atoms with Crippen LogP contribution in [0.4, 0.5) is 11.6 Å². The lowest BCUT2D eigenvalue weighted by molar-refractivity contribution is -0.384. The summed E-state index contributed by atoms with van der Waals surface area (Å²) in [5, 5.41) is 20.5. The zero-order chi connectivity index (χ0) is 20.2. The van der Waals surface area contributed by atoms with E-state index < -0.39 is 10.8 Å². The van der Waals surface area contributed by atoms with Crippen LogP contribution in [0.15, 0.2) is 72.1 Å². The molecule has 9 heteroatoms. The molecule has 29 heavy (non-hydrogen) atoms. The minimum absolute atomic E-state index is 0.155. The molecule has 0 aliphatic rings. The largest absolute Gasteiger partial charge is 0.349 e. The van der Waals surface area contributed by atoms with Crippen molar-refractivity contribution >= 4 is 28.9 Å². The molecule has 2 aromatic heterocycles. The van der Waals surface area contributed by atoms with Gasteiger partial charge in [0.1, 0.15) is 0 Å². The van der Waals surface area contributed by atoms with E-state index in [9.17, 15) is 14.9 Å². The molecule has 0 bridgehead atoms. The van der Waals surface area contributed by atoms with Gasteiger partial charge in [-0.15, -0.1) is 16.4 Å². The van der Waals surface area contributed by atoms with Crippen molar-refractivity contribution < 1.29 is 9.72 Å². The second kappa shape index (κ2) is 8.03. The Morgan fingerprint density at radius 2 is 1.93 bits per heavy atom. The molecule has 0 spiro atoms. The summed E-state index contributed by atoms with van der Waals surface area (Å²) >= 11 is 1.58. The second-order valence-electron chi connectivity index (χ2n) is 6.08. The number of carbonyl (C=O) groups is 1. The van der Waals surface area contributed by atoms with Gasteiger partial charge in [0.25, 0.3) is 11.6 Å². The van der Waals surface area contributed by atoms with Crippen molar-refractivity contribution in [3.05, 3.63) is 92.7 Å². The molecule has 2 heterocycles. The van der Waals surface area contributed by atoms with Crippen molar-refractivity contribution in [1.82, 2.24) is 14.8 Å². The topological polar surface area (TPSA) is 103 Å². The van der Waals surface area contributed by atoms with Gasteiger partial charge in [-0.3, -0.25) is 14.9 Å². The zero-order valence-corrected chi connectivity index (χ0v) is 15.9. The molecule has 0 radical (unpaired) electrons. The third-order valence-corrected chi connectivity index (χ3v) is 5.01. The van der Waals surface area contributed by atoms with E-state index in [1.54, 1.807) is 11.3 Å². The number of nitrogens with zero attached hydrogens (tertiary/aromatic N) is 4. The smallest absolute Gasteiger partial charge is 0.281 e. The van der Waals surface area contributed by atoms with E-state index in [1.165, 1.54) is 24.3 Å². The highest BCUT2D eigenvalue weighted by atomic mass is 32.1. The fourth-order valence-corrected chi connectivity index (χ4v) is 3.38. The van der Waals surface area contributed by atoms with Crippen LogP contribution in [-0.4, -0.2) is 25.6 Å². The molecule has 2 aromatic carbocycles. The van der Waals surface area contributed by atoms with Gasteiger partial charge in [0.05, 0.1) is 11.5 Å².